The van der Waals surface area contributed by atoms with Crippen molar-refractivity contribution in [2.45, 2.75) is 399 Å². The van der Waals surface area contributed by atoms with Gasteiger partial charge in [0.25, 0.3) is 0 Å². The molecule has 79 heavy (non-hydrogen) atoms. The van der Waals surface area contributed by atoms with Crippen molar-refractivity contribution in [2.24, 2.45) is 0 Å². The Labute approximate surface area is 493 Å². The highest BCUT2D eigenvalue weighted by molar-refractivity contribution is 5.71. The number of esters is 3. The molecule has 464 valence electrons. The summed E-state index contributed by atoms with van der Waals surface area (Å²) in [4.78, 5) is 38.1. The van der Waals surface area contributed by atoms with Gasteiger partial charge in [0.05, 0.1) is 0 Å². The molecule has 0 fully saturated rings. The summed E-state index contributed by atoms with van der Waals surface area (Å²) in [5.74, 6) is -0.856. The van der Waals surface area contributed by atoms with Gasteiger partial charge in [-0.1, -0.05) is 333 Å². The first-order valence-corrected chi connectivity index (χ1v) is 35.5. The highest BCUT2D eigenvalue weighted by atomic mass is 16.6. The number of hydrogen-bond acceptors (Lipinski definition) is 6. The predicted octanol–water partition coefficient (Wildman–Crippen LogP) is 24.3. The molecule has 0 amide bonds. The third-order valence-electron chi connectivity index (χ3n) is 16.1. The zero-order valence-electron chi connectivity index (χ0n) is 53.4. The molecule has 1 unspecified atom stereocenters. The predicted molar refractivity (Wildman–Crippen MR) is 344 cm³/mol. The summed E-state index contributed by atoms with van der Waals surface area (Å²) >= 11 is 0. The van der Waals surface area contributed by atoms with Gasteiger partial charge in [-0.25, -0.2) is 0 Å². The summed E-state index contributed by atoms with van der Waals surface area (Å²) in [6.07, 6.45) is 85.1. The monoisotopic (exact) mass is 1110 g/mol. The van der Waals surface area contributed by atoms with Crippen LogP contribution in [0.15, 0.2) is 36.5 Å². The van der Waals surface area contributed by atoms with Gasteiger partial charge in [0.2, 0.25) is 0 Å². The van der Waals surface area contributed by atoms with E-state index in [1.54, 1.807) is 0 Å². The number of carbonyl (C=O) groups is 3. The van der Waals surface area contributed by atoms with Gasteiger partial charge in [-0.3, -0.25) is 14.4 Å². The summed E-state index contributed by atoms with van der Waals surface area (Å²) in [6.45, 7) is 6.63. The largest absolute Gasteiger partial charge is 0.462 e. The Morgan fingerprint density at radius 2 is 0.456 bits per heavy atom. The fourth-order valence-electron chi connectivity index (χ4n) is 10.8. The van der Waals surface area contributed by atoms with E-state index in [0.29, 0.717) is 19.3 Å². The molecule has 6 nitrogen and oxygen atoms in total. The van der Waals surface area contributed by atoms with Crippen molar-refractivity contribution in [3.8, 4) is 0 Å². The minimum absolute atomic E-state index is 0.0688. The van der Waals surface area contributed by atoms with E-state index in [1.165, 1.54) is 289 Å². The molecular weight excluding hydrogens is 973 g/mol. The molecule has 0 spiro atoms. The molecule has 0 bridgehead atoms. The first-order valence-electron chi connectivity index (χ1n) is 35.5. The van der Waals surface area contributed by atoms with Crippen LogP contribution in [0, 0.1) is 0 Å². The second-order valence-electron chi connectivity index (χ2n) is 24.1. The first kappa shape index (κ1) is 76.6. The van der Waals surface area contributed by atoms with Crippen LogP contribution in [-0.2, 0) is 28.6 Å². The van der Waals surface area contributed by atoms with Crippen LogP contribution in [0.3, 0.4) is 0 Å². The average Bonchev–Trinajstić information content (AvgIpc) is 3.45. The van der Waals surface area contributed by atoms with Crippen LogP contribution in [0.5, 0.6) is 0 Å². The fourth-order valence-corrected chi connectivity index (χ4v) is 10.8. The van der Waals surface area contributed by atoms with Gasteiger partial charge in [0, 0.05) is 19.3 Å². The van der Waals surface area contributed by atoms with Gasteiger partial charge < -0.3 is 14.2 Å². The topological polar surface area (TPSA) is 78.9 Å². The van der Waals surface area contributed by atoms with E-state index in [9.17, 15) is 14.4 Å². The SMILES string of the molecule is CCCCC/C=C\C/C=C\CCCCCCCCCCCC(=O)OC(COC(=O)CCCCCCCCC)COC(=O)CCCCCCCCCCCCCCCCCCCCCCCCC/C=C\CCCCCCCCCC. The van der Waals surface area contributed by atoms with Gasteiger partial charge >= 0.3 is 17.9 Å². The maximum absolute atomic E-state index is 12.9. The summed E-state index contributed by atoms with van der Waals surface area (Å²) in [7, 11) is 0. The zero-order chi connectivity index (χ0) is 57.1. The highest BCUT2D eigenvalue weighted by Crippen LogP contribution is 2.18. The lowest BCUT2D eigenvalue weighted by molar-refractivity contribution is -0.167. The van der Waals surface area contributed by atoms with Gasteiger partial charge in [-0.2, -0.15) is 0 Å². The standard InChI is InChI=1S/C73H136O6/c1-4-7-10-13-16-18-20-22-24-26-28-29-30-31-32-33-34-35-36-37-38-39-40-41-42-43-45-46-48-50-52-54-57-60-63-66-72(75)78-69-70(68-77-71(74)65-62-59-56-15-12-9-6-3)79-73(76)67-64-61-58-55-53-51-49-47-44-27-25-23-21-19-17-14-11-8-5-2/h17,19,23,25-26,28,70H,4-16,18,20-22,24,27,29-69H2,1-3H3/b19-17-,25-23-,28-26-. The van der Waals surface area contributed by atoms with Crippen molar-refractivity contribution in [2.75, 3.05) is 13.2 Å². The molecular formula is C73H136O6. The molecule has 0 aromatic heterocycles. The van der Waals surface area contributed by atoms with Crippen LogP contribution < -0.4 is 0 Å². The molecule has 0 aliphatic heterocycles. The first-order chi connectivity index (χ1) is 39.0. The Morgan fingerprint density at radius 3 is 0.734 bits per heavy atom. The summed E-state index contributed by atoms with van der Waals surface area (Å²) in [5.41, 5.74) is 0. The van der Waals surface area contributed by atoms with Gasteiger partial charge in [-0.05, 0) is 77.0 Å². The van der Waals surface area contributed by atoms with Crippen molar-refractivity contribution in [1.82, 2.24) is 0 Å². The lowest BCUT2D eigenvalue weighted by Gasteiger charge is -2.18. The smallest absolute Gasteiger partial charge is 0.306 e. The van der Waals surface area contributed by atoms with Crippen molar-refractivity contribution in [1.29, 1.82) is 0 Å². The minimum atomic E-state index is -0.770. The van der Waals surface area contributed by atoms with Gasteiger partial charge in [0.15, 0.2) is 6.10 Å². The second-order valence-corrected chi connectivity index (χ2v) is 24.1. The van der Waals surface area contributed by atoms with Gasteiger partial charge in [0.1, 0.15) is 13.2 Å². The van der Waals surface area contributed by atoms with E-state index in [1.807, 2.05) is 0 Å². The van der Waals surface area contributed by atoms with E-state index >= 15 is 0 Å². The van der Waals surface area contributed by atoms with E-state index in [0.717, 1.165) is 64.2 Å². The Kier molecular flexibility index (Phi) is 66.1. The fraction of sp³-hybridized carbons (Fsp3) is 0.877. The van der Waals surface area contributed by atoms with E-state index in [4.69, 9.17) is 14.2 Å². The molecule has 0 N–H and O–H groups in total. The Morgan fingerprint density at radius 1 is 0.253 bits per heavy atom. The molecule has 0 heterocycles. The van der Waals surface area contributed by atoms with Gasteiger partial charge in [-0.15, -0.1) is 0 Å². The Bertz CT molecular complexity index is 1320. The maximum Gasteiger partial charge on any atom is 0.306 e. The maximum atomic E-state index is 12.9. The van der Waals surface area contributed by atoms with E-state index in [2.05, 4.69) is 57.2 Å². The van der Waals surface area contributed by atoms with Crippen LogP contribution in [0.4, 0.5) is 0 Å². The number of hydrogen-bond donors (Lipinski definition) is 0. The van der Waals surface area contributed by atoms with Crippen molar-refractivity contribution in [3.63, 3.8) is 0 Å². The normalized spacial score (nSPS) is 12.2. The summed E-state index contributed by atoms with van der Waals surface area (Å²) in [6, 6.07) is 0. The van der Waals surface area contributed by atoms with E-state index in [-0.39, 0.29) is 31.1 Å². The number of allylic oxidation sites excluding steroid dienone is 6. The third kappa shape index (κ3) is 66.3. The van der Waals surface area contributed by atoms with Crippen molar-refractivity contribution in [3.05, 3.63) is 36.5 Å². The number of ether oxygens (including phenoxy) is 3. The molecule has 0 saturated heterocycles. The van der Waals surface area contributed by atoms with Crippen LogP contribution in [0.1, 0.15) is 393 Å². The molecule has 0 rings (SSSR count). The molecule has 6 heteroatoms. The molecule has 0 aromatic rings. The van der Waals surface area contributed by atoms with Crippen LogP contribution >= 0.6 is 0 Å². The van der Waals surface area contributed by atoms with E-state index < -0.39 is 6.10 Å². The van der Waals surface area contributed by atoms with Crippen LogP contribution in [-0.4, -0.2) is 37.2 Å². The van der Waals surface area contributed by atoms with Crippen LogP contribution in [0.2, 0.25) is 0 Å². The quantitative estimate of drug-likeness (QED) is 0.0261. The molecule has 0 saturated carbocycles. The number of carbonyl (C=O) groups excluding carboxylic acids is 3. The molecule has 0 aromatic carbocycles. The lowest BCUT2D eigenvalue weighted by atomic mass is 10.0. The summed E-state index contributed by atoms with van der Waals surface area (Å²) in [5, 5.41) is 0. The minimum Gasteiger partial charge on any atom is -0.462 e. The molecule has 0 aliphatic carbocycles. The number of unbranched alkanes of at least 4 members (excludes halogenated alkanes) is 49. The number of rotatable bonds is 66. The summed E-state index contributed by atoms with van der Waals surface area (Å²) < 4.78 is 16.9. The third-order valence-corrected chi connectivity index (χ3v) is 16.1. The zero-order valence-corrected chi connectivity index (χ0v) is 53.4. The lowest BCUT2D eigenvalue weighted by Crippen LogP contribution is -2.30. The second kappa shape index (κ2) is 68.1. The Balaban J connectivity index is 3.93. The molecule has 1 atom stereocenters. The van der Waals surface area contributed by atoms with Crippen LogP contribution in [0.25, 0.3) is 0 Å². The molecule has 0 aliphatic rings. The Hall–Kier alpha value is -2.37. The average molecular weight is 1110 g/mol. The molecule has 0 radical (unpaired) electrons. The van der Waals surface area contributed by atoms with Crippen molar-refractivity contribution >= 4 is 17.9 Å². The highest BCUT2D eigenvalue weighted by Gasteiger charge is 2.19. The van der Waals surface area contributed by atoms with Crippen molar-refractivity contribution < 1.29 is 28.6 Å².